The van der Waals surface area contributed by atoms with Crippen molar-refractivity contribution in [1.82, 2.24) is 4.90 Å². The zero-order valence-corrected chi connectivity index (χ0v) is 21.6. The third-order valence-corrected chi connectivity index (χ3v) is 7.07. The van der Waals surface area contributed by atoms with Gasteiger partial charge < -0.3 is 9.15 Å². The summed E-state index contributed by atoms with van der Waals surface area (Å²) in [7, 11) is 0. The SMILES string of the molecule is O=C1/C(=C/c2cccc(Cl)c2Cl)S/C(=N\N=C\c2cccc(Oc3ccccc3)c2)N1Cc1ccco1. The topological polar surface area (TPSA) is 67.4 Å². The summed E-state index contributed by atoms with van der Waals surface area (Å²) in [6.07, 6.45) is 4.87. The van der Waals surface area contributed by atoms with E-state index in [0.717, 1.165) is 11.3 Å². The summed E-state index contributed by atoms with van der Waals surface area (Å²) in [5, 5.41) is 9.80. The summed E-state index contributed by atoms with van der Waals surface area (Å²) < 4.78 is 11.3. The van der Waals surface area contributed by atoms with Crippen LogP contribution in [0.1, 0.15) is 16.9 Å². The monoisotopic (exact) mass is 547 g/mol. The van der Waals surface area contributed by atoms with Gasteiger partial charge in [-0.05, 0) is 71.4 Å². The van der Waals surface area contributed by atoms with Crippen LogP contribution in [0.4, 0.5) is 0 Å². The smallest absolute Gasteiger partial charge is 0.267 e. The fourth-order valence-electron chi connectivity index (χ4n) is 3.48. The van der Waals surface area contributed by atoms with Gasteiger partial charge in [0.25, 0.3) is 5.91 Å². The van der Waals surface area contributed by atoms with Gasteiger partial charge in [0.05, 0.1) is 34.0 Å². The van der Waals surface area contributed by atoms with Crippen molar-refractivity contribution in [1.29, 1.82) is 0 Å². The van der Waals surface area contributed by atoms with Crippen molar-refractivity contribution in [2.24, 2.45) is 10.2 Å². The first-order valence-electron chi connectivity index (χ1n) is 11.2. The normalized spacial score (nSPS) is 15.8. The van der Waals surface area contributed by atoms with Gasteiger partial charge in [0.15, 0.2) is 5.17 Å². The largest absolute Gasteiger partial charge is 0.467 e. The molecule has 2 heterocycles. The van der Waals surface area contributed by atoms with E-state index in [2.05, 4.69) is 10.2 Å². The second-order valence-corrected chi connectivity index (χ2v) is 9.63. The molecule has 5 rings (SSSR count). The second-order valence-electron chi connectivity index (χ2n) is 7.84. The third kappa shape index (κ3) is 6.14. The van der Waals surface area contributed by atoms with Gasteiger partial charge in [-0.15, -0.1) is 5.10 Å². The van der Waals surface area contributed by atoms with Crippen LogP contribution < -0.4 is 4.74 Å². The molecule has 1 amide bonds. The minimum absolute atomic E-state index is 0.216. The number of carbonyl (C=O) groups is 1. The molecule has 4 aromatic rings. The van der Waals surface area contributed by atoms with E-state index in [9.17, 15) is 4.79 Å². The van der Waals surface area contributed by atoms with Gasteiger partial charge in [0, 0.05) is 0 Å². The predicted octanol–water partition coefficient (Wildman–Crippen LogP) is 7.89. The Morgan fingerprint density at radius 2 is 1.76 bits per heavy atom. The number of rotatable bonds is 7. The van der Waals surface area contributed by atoms with Crippen LogP contribution in [0, 0.1) is 0 Å². The van der Waals surface area contributed by atoms with Crippen LogP contribution in [0.2, 0.25) is 10.0 Å². The minimum Gasteiger partial charge on any atom is -0.467 e. The predicted molar refractivity (Wildman–Crippen MR) is 149 cm³/mol. The lowest BCUT2D eigenvalue weighted by Crippen LogP contribution is -2.28. The first-order chi connectivity index (χ1) is 18.1. The highest BCUT2D eigenvalue weighted by Crippen LogP contribution is 2.36. The number of hydrogen-bond acceptors (Lipinski definition) is 6. The first-order valence-corrected chi connectivity index (χ1v) is 12.8. The van der Waals surface area contributed by atoms with Gasteiger partial charge >= 0.3 is 0 Å². The number of para-hydroxylation sites is 1. The fourth-order valence-corrected chi connectivity index (χ4v) is 4.77. The Bertz CT molecular complexity index is 1500. The Morgan fingerprint density at radius 1 is 0.946 bits per heavy atom. The van der Waals surface area contributed by atoms with E-state index in [1.165, 1.54) is 16.7 Å². The van der Waals surface area contributed by atoms with Crippen LogP contribution in [0.25, 0.3) is 6.08 Å². The van der Waals surface area contributed by atoms with Crippen molar-refractivity contribution in [2.45, 2.75) is 6.54 Å². The molecule has 0 unspecified atom stereocenters. The Morgan fingerprint density at radius 3 is 2.57 bits per heavy atom. The summed E-state index contributed by atoms with van der Waals surface area (Å²) >= 11 is 13.7. The van der Waals surface area contributed by atoms with Crippen molar-refractivity contribution in [2.75, 3.05) is 0 Å². The molecule has 6 nitrogen and oxygen atoms in total. The number of carbonyl (C=O) groups excluding carboxylic acids is 1. The lowest BCUT2D eigenvalue weighted by Gasteiger charge is -2.12. The summed E-state index contributed by atoms with van der Waals surface area (Å²) in [5.74, 6) is 1.81. The molecule has 0 bridgehead atoms. The molecular formula is C28H19Cl2N3O3S. The maximum Gasteiger partial charge on any atom is 0.267 e. The summed E-state index contributed by atoms with van der Waals surface area (Å²) in [5.41, 5.74) is 1.44. The van der Waals surface area contributed by atoms with Crippen LogP contribution in [0.3, 0.4) is 0 Å². The van der Waals surface area contributed by atoms with E-state index in [4.69, 9.17) is 32.4 Å². The van der Waals surface area contributed by atoms with Crippen molar-refractivity contribution in [3.8, 4) is 11.5 Å². The van der Waals surface area contributed by atoms with E-state index < -0.39 is 0 Å². The molecular weight excluding hydrogens is 529 g/mol. The number of nitrogens with zero attached hydrogens (tertiary/aromatic N) is 3. The third-order valence-electron chi connectivity index (χ3n) is 5.24. The Kier molecular flexibility index (Phi) is 7.75. The quantitative estimate of drug-likeness (QED) is 0.134. The molecule has 0 spiro atoms. The number of amidine groups is 1. The van der Waals surface area contributed by atoms with Crippen molar-refractivity contribution >= 4 is 58.3 Å². The lowest BCUT2D eigenvalue weighted by molar-refractivity contribution is -0.122. The van der Waals surface area contributed by atoms with Crippen LogP contribution in [-0.4, -0.2) is 22.2 Å². The highest BCUT2D eigenvalue weighted by atomic mass is 35.5. The van der Waals surface area contributed by atoms with Gasteiger partial charge in [-0.25, -0.2) is 0 Å². The van der Waals surface area contributed by atoms with Gasteiger partial charge in [0.2, 0.25) is 0 Å². The van der Waals surface area contributed by atoms with Crippen LogP contribution in [0.15, 0.2) is 111 Å². The van der Waals surface area contributed by atoms with Crippen molar-refractivity contribution in [3.63, 3.8) is 0 Å². The molecule has 184 valence electrons. The molecule has 0 N–H and O–H groups in total. The fraction of sp³-hybridized carbons (Fsp3) is 0.0357. The number of thioether (sulfide) groups is 1. The molecule has 1 aliphatic rings. The zero-order chi connectivity index (χ0) is 25.6. The maximum absolute atomic E-state index is 13.3. The molecule has 0 saturated carbocycles. The van der Waals surface area contributed by atoms with Crippen LogP contribution in [0.5, 0.6) is 11.5 Å². The zero-order valence-electron chi connectivity index (χ0n) is 19.3. The highest BCUT2D eigenvalue weighted by molar-refractivity contribution is 8.18. The molecule has 3 aromatic carbocycles. The van der Waals surface area contributed by atoms with Gasteiger partial charge in [-0.1, -0.05) is 65.7 Å². The second kappa shape index (κ2) is 11.5. The maximum atomic E-state index is 13.3. The molecule has 1 aromatic heterocycles. The average molecular weight is 548 g/mol. The number of hydrogen-bond donors (Lipinski definition) is 0. The first kappa shape index (κ1) is 24.9. The molecule has 1 fully saturated rings. The number of ether oxygens (including phenoxy) is 1. The van der Waals surface area contributed by atoms with E-state index in [-0.39, 0.29) is 12.5 Å². The van der Waals surface area contributed by atoms with Crippen LogP contribution >= 0.6 is 35.0 Å². The number of amides is 1. The molecule has 37 heavy (non-hydrogen) atoms. The lowest BCUT2D eigenvalue weighted by atomic mass is 10.2. The molecule has 9 heteroatoms. The van der Waals surface area contributed by atoms with E-state index in [0.29, 0.717) is 37.2 Å². The Hall–Kier alpha value is -3.78. The molecule has 1 saturated heterocycles. The van der Waals surface area contributed by atoms with Gasteiger partial charge in [-0.2, -0.15) is 5.10 Å². The highest BCUT2D eigenvalue weighted by Gasteiger charge is 2.34. The van der Waals surface area contributed by atoms with Gasteiger partial charge in [0.1, 0.15) is 17.3 Å². The Balaban J connectivity index is 1.39. The minimum atomic E-state index is -0.232. The number of halogens is 2. The van der Waals surface area contributed by atoms with E-state index in [1.54, 1.807) is 48.9 Å². The molecule has 1 aliphatic heterocycles. The van der Waals surface area contributed by atoms with Crippen molar-refractivity contribution < 1.29 is 13.9 Å². The average Bonchev–Trinajstić information content (AvgIpc) is 3.52. The van der Waals surface area contributed by atoms with E-state index in [1.807, 2.05) is 54.6 Å². The standard InChI is InChI=1S/C28H19Cl2N3O3S/c29-24-13-5-8-20(26(24)30)16-25-27(34)33(18-23-12-6-14-35-23)28(37-25)32-31-17-19-7-4-11-22(15-19)36-21-9-2-1-3-10-21/h1-17H,18H2/b25-16-,31-17+,32-28-. The summed E-state index contributed by atoms with van der Waals surface area (Å²) in [6.45, 7) is 0.216. The van der Waals surface area contributed by atoms with Crippen molar-refractivity contribution in [3.05, 3.63) is 123 Å². The number of benzene rings is 3. The van der Waals surface area contributed by atoms with Crippen LogP contribution in [-0.2, 0) is 11.3 Å². The summed E-state index contributed by atoms with van der Waals surface area (Å²) in [4.78, 5) is 15.2. The molecule has 0 radical (unpaired) electrons. The van der Waals surface area contributed by atoms with E-state index >= 15 is 0 Å². The Labute approximate surface area is 227 Å². The molecule has 0 aliphatic carbocycles. The molecule has 0 atom stereocenters. The summed E-state index contributed by atoms with van der Waals surface area (Å²) in [6, 6.07) is 25.8. The van der Waals surface area contributed by atoms with Gasteiger partial charge in [-0.3, -0.25) is 9.69 Å². The number of furan rings is 1.